The van der Waals surface area contributed by atoms with Gasteiger partial charge >= 0.3 is 13.9 Å². The largest absolute Gasteiger partial charge is 0.737 e. The van der Waals surface area contributed by atoms with Crippen LogP contribution in [0.1, 0.15) is 83.9 Å². The van der Waals surface area contributed by atoms with Crippen molar-refractivity contribution in [3.63, 3.8) is 0 Å². The molecule has 8 heterocycles. The lowest BCUT2D eigenvalue weighted by Crippen LogP contribution is -2.51. The minimum absolute atomic E-state index is 0.551. The first-order valence-electron chi connectivity index (χ1n) is 18.4. The van der Waals surface area contributed by atoms with Gasteiger partial charge in [-0.3, -0.25) is 0 Å². The van der Waals surface area contributed by atoms with E-state index < -0.39 is 13.9 Å². The quantitative estimate of drug-likeness (QED) is 0.153. The number of aromatic nitrogens is 2. The Morgan fingerprint density at radius 3 is 1.34 bits per heavy atom. The maximum atomic E-state index is 16.3. The third-order valence-electron chi connectivity index (χ3n) is 12.4. The Balaban J connectivity index is 1.08. The van der Waals surface area contributed by atoms with Crippen molar-refractivity contribution in [3.8, 4) is 0 Å². The average molecular weight is 714 g/mol. The normalized spacial score (nSPS) is 20.4. The first kappa shape index (κ1) is 32.4. The van der Waals surface area contributed by atoms with E-state index in [9.17, 15) is 0 Å². The number of hydrogen-bond acceptors (Lipinski definition) is 2. The van der Waals surface area contributed by atoms with Crippen molar-refractivity contribution < 1.29 is 26.2 Å². The Bertz CT molecular complexity index is 2470. The van der Waals surface area contributed by atoms with E-state index in [1.54, 1.807) is 27.7 Å². The van der Waals surface area contributed by atoms with Gasteiger partial charge in [0.25, 0.3) is 0 Å². The number of aryl methyl sites for hydroxylation is 4. The van der Waals surface area contributed by atoms with E-state index >= 15 is 17.3 Å². The van der Waals surface area contributed by atoms with Crippen molar-refractivity contribution in [1.82, 2.24) is 8.96 Å². The summed E-state index contributed by atoms with van der Waals surface area (Å²) in [7, 11) is 0. The van der Waals surface area contributed by atoms with Crippen LogP contribution in [0.25, 0.3) is 11.1 Å². The minimum atomic E-state index is -4.05. The Labute approximate surface area is 306 Å². The Morgan fingerprint density at radius 2 is 0.943 bits per heavy atom. The van der Waals surface area contributed by atoms with Crippen LogP contribution in [0.3, 0.4) is 0 Å². The maximum Gasteiger partial charge on any atom is 0.737 e. The number of fused-ring (bicyclic) bond motifs is 10. The van der Waals surface area contributed by atoms with Crippen molar-refractivity contribution in [3.05, 3.63) is 139 Å². The average Bonchev–Trinajstić information content (AvgIpc) is 3.77. The zero-order valence-corrected chi connectivity index (χ0v) is 31.2. The predicted molar refractivity (Wildman–Crippen MR) is 206 cm³/mol. The summed E-state index contributed by atoms with van der Waals surface area (Å²) in [6, 6.07) is 16.6. The van der Waals surface area contributed by atoms with Gasteiger partial charge in [-0.1, -0.05) is 12.1 Å². The molecular weight excluding hydrogens is 674 g/mol. The van der Waals surface area contributed by atoms with Gasteiger partial charge in [-0.05, 0) is 123 Å². The third kappa shape index (κ3) is 4.01. The molecule has 0 N–H and O–H groups in total. The molecule has 0 saturated heterocycles. The van der Waals surface area contributed by atoms with Gasteiger partial charge in [0.1, 0.15) is 11.4 Å². The minimum Gasteiger partial charge on any atom is -0.393 e. The second kappa shape index (κ2) is 10.2. The summed E-state index contributed by atoms with van der Waals surface area (Å²) in [6.45, 7) is 8.70. The van der Waals surface area contributed by atoms with Crippen LogP contribution in [-0.4, -0.2) is 50.0 Å². The van der Waals surface area contributed by atoms with Crippen molar-refractivity contribution in [2.75, 3.05) is 16.5 Å². The molecule has 4 aromatic rings. The van der Waals surface area contributed by atoms with Crippen molar-refractivity contribution in [2.24, 2.45) is 0 Å². The monoisotopic (exact) mass is 714 g/mol. The zero-order chi connectivity index (χ0) is 37.2. The van der Waals surface area contributed by atoms with Gasteiger partial charge < -0.3 is 45.0 Å². The molecule has 0 aliphatic carbocycles. The number of rotatable bonds is 2. The van der Waals surface area contributed by atoms with Crippen molar-refractivity contribution in [1.29, 1.82) is 0 Å². The van der Waals surface area contributed by atoms with Crippen molar-refractivity contribution >= 4 is 47.9 Å². The van der Waals surface area contributed by atoms with Crippen LogP contribution in [0.5, 0.6) is 0 Å². The summed E-state index contributed by atoms with van der Waals surface area (Å²) in [5.74, 6) is 0. The van der Waals surface area contributed by atoms with E-state index in [2.05, 4.69) is 46.2 Å². The molecule has 0 saturated carbocycles. The topological polar surface area (TPSA) is 22.4 Å². The van der Waals surface area contributed by atoms with E-state index in [-0.39, 0.29) is 0 Å². The Kier molecular flexibility index (Phi) is 6.26. The highest BCUT2D eigenvalue weighted by molar-refractivity contribution is 6.59. The highest BCUT2D eigenvalue weighted by Crippen LogP contribution is 2.48. The second-order valence-corrected chi connectivity index (χ2v) is 15.9. The molecule has 12 heteroatoms. The lowest BCUT2D eigenvalue weighted by Gasteiger charge is -2.45. The molecule has 6 aliphatic heterocycles. The van der Waals surface area contributed by atoms with Gasteiger partial charge in [0, 0.05) is 73.0 Å². The van der Waals surface area contributed by atoms with Gasteiger partial charge in [0.05, 0.1) is 17.8 Å². The number of benzene rings is 2. The number of anilines is 2. The molecule has 6 nitrogen and oxygen atoms in total. The summed E-state index contributed by atoms with van der Waals surface area (Å²) in [6.07, 6.45) is 3.73. The summed E-state index contributed by atoms with van der Waals surface area (Å²) in [5.41, 5.74) is 15.9. The number of nitrogens with zero attached hydrogens (tertiary/aromatic N) is 6. The van der Waals surface area contributed by atoms with Gasteiger partial charge in [-0.15, -0.1) is 0 Å². The Morgan fingerprint density at radius 1 is 0.547 bits per heavy atom. The number of halogens is 4. The highest BCUT2D eigenvalue weighted by atomic mass is 19.3. The van der Waals surface area contributed by atoms with Gasteiger partial charge in [-0.25, -0.2) is 0 Å². The molecule has 2 aromatic carbocycles. The summed E-state index contributed by atoms with van der Waals surface area (Å²) < 4.78 is 70.2. The zero-order valence-electron chi connectivity index (χ0n) is 31.2. The molecular formula is C41H40B2F4N6. The molecule has 0 amide bonds. The van der Waals surface area contributed by atoms with Gasteiger partial charge in [0.2, 0.25) is 0 Å². The van der Waals surface area contributed by atoms with Gasteiger partial charge in [0.15, 0.2) is 11.4 Å². The molecule has 0 unspecified atom stereocenters. The first-order chi connectivity index (χ1) is 25.1. The van der Waals surface area contributed by atoms with Crippen LogP contribution in [-0.2, 0) is 13.1 Å². The van der Waals surface area contributed by atoms with Gasteiger partial charge in [-0.2, -0.15) is 0 Å². The third-order valence-corrected chi connectivity index (χ3v) is 12.4. The fraction of sp³-hybridized carbons (Fsp3) is 0.268. The highest BCUT2D eigenvalue weighted by Gasteiger charge is 2.56. The van der Waals surface area contributed by atoms with E-state index in [1.807, 2.05) is 52.0 Å². The number of hydrogen-bond donors (Lipinski definition) is 0. The summed E-state index contributed by atoms with van der Waals surface area (Å²) in [5, 5.41) is 0. The molecule has 268 valence electrons. The smallest absolute Gasteiger partial charge is 0.393 e. The fourth-order valence-electron chi connectivity index (χ4n) is 10.5. The lowest BCUT2D eigenvalue weighted by atomic mass is 9.83. The molecule has 0 fully saturated rings. The molecule has 6 aliphatic rings. The van der Waals surface area contributed by atoms with Crippen LogP contribution in [0, 0.1) is 27.7 Å². The molecule has 10 rings (SSSR count). The predicted octanol–water partition coefficient (Wildman–Crippen LogP) is 8.68. The van der Waals surface area contributed by atoms with Crippen LogP contribution in [0.2, 0.25) is 0 Å². The van der Waals surface area contributed by atoms with Crippen LogP contribution in [0.4, 0.5) is 28.6 Å². The van der Waals surface area contributed by atoms with Crippen molar-refractivity contribution in [2.45, 2.75) is 68.5 Å². The lowest BCUT2D eigenvalue weighted by molar-refractivity contribution is -0.364. The van der Waals surface area contributed by atoms with Crippen LogP contribution < -0.4 is 9.80 Å². The van der Waals surface area contributed by atoms with E-state index in [0.29, 0.717) is 58.7 Å². The molecule has 2 bridgehead atoms. The SMILES string of the molecule is CC1=CC(C)=[N+]2C1=C(c1ccc3c(c1)CN1CN3Cc3cc(C4=C5C(C)=CC(C)=[N+]5[B-](F)(F)n5c(C)cc(C)c54)ccc31)c1c(C)cc(C)n1[B-]2(F)F. The maximum absolute atomic E-state index is 16.3. The van der Waals surface area contributed by atoms with E-state index in [0.717, 1.165) is 73.7 Å². The summed E-state index contributed by atoms with van der Waals surface area (Å²) >= 11 is 0. The Hall–Kier alpha value is -5.25. The van der Waals surface area contributed by atoms with E-state index in [4.69, 9.17) is 0 Å². The first-order valence-corrected chi connectivity index (χ1v) is 18.4. The molecule has 2 aromatic heterocycles. The van der Waals surface area contributed by atoms with E-state index in [1.165, 1.54) is 17.9 Å². The molecule has 53 heavy (non-hydrogen) atoms. The van der Waals surface area contributed by atoms with Crippen LogP contribution >= 0.6 is 0 Å². The molecule has 0 atom stereocenters. The molecule has 0 spiro atoms. The second-order valence-electron chi connectivity index (χ2n) is 15.9. The standard InChI is InChI=1S/C41H40B2F4N6/c1-22-13-26(5)50-38(22)36(39-23(2)14-27(6)51(39)42(50,44)45)30-9-11-34-32(17-30)19-48-21-49(34)20-33-18-31(10-12-35(33)48)37-40-24(3)15-28(7)52(40)43(46,47)53-29(8)16-25(4)41(37)53/h9-18H,19-21H2,1-8H3. The summed E-state index contributed by atoms with van der Waals surface area (Å²) in [4.78, 5) is 4.71. The fourth-order valence-corrected chi connectivity index (χ4v) is 10.5. The van der Waals surface area contributed by atoms with Crippen LogP contribution in [0.15, 0.2) is 83.2 Å². The molecule has 0 radical (unpaired) electrons. The number of allylic oxidation sites excluding steroid dienone is 4.